The van der Waals surface area contributed by atoms with Gasteiger partial charge in [0.05, 0.1) is 12.7 Å². The number of fused-ring (bicyclic) bond motifs is 2. The topological polar surface area (TPSA) is 64.3 Å². The number of amides is 1. The van der Waals surface area contributed by atoms with Crippen LogP contribution in [0, 0.1) is 11.8 Å². The quantitative estimate of drug-likeness (QED) is 0.898. The van der Waals surface area contributed by atoms with E-state index < -0.39 is 0 Å². The third-order valence-corrected chi connectivity index (χ3v) is 5.03. The normalized spacial score (nSPS) is 30.1. The Morgan fingerprint density at radius 3 is 2.50 bits per heavy atom. The van der Waals surface area contributed by atoms with E-state index in [1.54, 1.807) is 7.11 Å². The Kier molecular flexibility index (Phi) is 5.70. The van der Waals surface area contributed by atoms with Gasteiger partial charge in [0.15, 0.2) is 0 Å². The van der Waals surface area contributed by atoms with Crippen molar-refractivity contribution in [1.82, 2.24) is 5.32 Å². The molecule has 2 aliphatic carbocycles. The van der Waals surface area contributed by atoms with E-state index in [0.717, 1.165) is 12.8 Å². The molecule has 22 heavy (non-hydrogen) atoms. The monoisotopic (exact) mass is 324 g/mol. The molecule has 0 radical (unpaired) electrons. The second-order valence-corrected chi connectivity index (χ2v) is 6.38. The number of para-hydroxylation sites is 1. The van der Waals surface area contributed by atoms with E-state index in [4.69, 9.17) is 10.5 Å². The Hall–Kier alpha value is -1.26. The van der Waals surface area contributed by atoms with E-state index in [0.29, 0.717) is 29.2 Å². The van der Waals surface area contributed by atoms with Gasteiger partial charge < -0.3 is 15.8 Å². The van der Waals surface area contributed by atoms with Crippen LogP contribution >= 0.6 is 12.4 Å². The maximum Gasteiger partial charge on any atom is 0.255 e. The van der Waals surface area contributed by atoms with Crippen molar-refractivity contribution in [1.29, 1.82) is 0 Å². The number of carbonyl (C=O) groups excluding carboxylic acids is 1. The number of ether oxygens (including phenoxy) is 1. The van der Waals surface area contributed by atoms with Gasteiger partial charge in [-0.2, -0.15) is 0 Å². The number of hydrogen-bond donors (Lipinski definition) is 2. The van der Waals surface area contributed by atoms with E-state index in [9.17, 15) is 4.79 Å². The van der Waals surface area contributed by atoms with Crippen molar-refractivity contribution in [3.8, 4) is 5.75 Å². The molecule has 1 amide bonds. The first kappa shape index (κ1) is 17.1. The second kappa shape index (κ2) is 7.34. The number of carbonyl (C=O) groups is 1. The zero-order valence-electron chi connectivity index (χ0n) is 13.0. The number of benzene rings is 1. The molecule has 0 saturated heterocycles. The van der Waals surface area contributed by atoms with Gasteiger partial charge in [-0.15, -0.1) is 12.4 Å². The molecule has 5 heteroatoms. The van der Waals surface area contributed by atoms with Crippen molar-refractivity contribution in [3.05, 3.63) is 29.8 Å². The molecule has 0 aromatic heterocycles. The summed E-state index contributed by atoms with van der Waals surface area (Å²) in [5.41, 5.74) is 6.76. The number of halogens is 1. The summed E-state index contributed by atoms with van der Waals surface area (Å²) in [6.45, 7) is 0. The van der Waals surface area contributed by atoms with Crippen molar-refractivity contribution in [2.45, 2.75) is 44.2 Å². The Balaban J connectivity index is 0.00000176. The predicted molar refractivity (Wildman–Crippen MR) is 89.5 cm³/mol. The van der Waals surface area contributed by atoms with Crippen LogP contribution < -0.4 is 15.8 Å². The standard InChI is InChI=1S/C17H24N2O2.ClH/c1-21-15-8-3-2-7-14(15)17(20)19-16-11-5-4-6-12(16)10-13(18)9-11;/h2-3,7-8,11-13,16H,4-6,9-10,18H2,1H3,(H,19,20);1H. The Bertz CT molecular complexity index is 509. The first-order valence-corrected chi connectivity index (χ1v) is 7.88. The maximum atomic E-state index is 12.6. The molecule has 122 valence electrons. The largest absolute Gasteiger partial charge is 0.496 e. The second-order valence-electron chi connectivity index (χ2n) is 6.38. The Morgan fingerprint density at radius 2 is 1.86 bits per heavy atom. The smallest absolute Gasteiger partial charge is 0.255 e. The van der Waals surface area contributed by atoms with Crippen molar-refractivity contribution >= 4 is 18.3 Å². The fourth-order valence-corrected chi connectivity index (χ4v) is 4.09. The van der Waals surface area contributed by atoms with Gasteiger partial charge in [0.2, 0.25) is 0 Å². The lowest BCUT2D eigenvalue weighted by molar-refractivity contribution is 0.0753. The first-order valence-electron chi connectivity index (χ1n) is 7.88. The fourth-order valence-electron chi connectivity index (χ4n) is 4.09. The van der Waals surface area contributed by atoms with E-state index in [2.05, 4.69) is 5.32 Å². The summed E-state index contributed by atoms with van der Waals surface area (Å²) in [6.07, 6.45) is 5.70. The Labute approximate surface area is 138 Å². The predicted octanol–water partition coefficient (Wildman–Crippen LogP) is 2.75. The molecular formula is C17H25ClN2O2. The van der Waals surface area contributed by atoms with Crippen molar-refractivity contribution in [2.75, 3.05) is 7.11 Å². The Morgan fingerprint density at radius 1 is 1.23 bits per heavy atom. The molecule has 0 aliphatic heterocycles. The zero-order chi connectivity index (χ0) is 14.8. The molecule has 0 heterocycles. The minimum absolute atomic E-state index is 0. The van der Waals surface area contributed by atoms with Crippen LogP contribution in [-0.2, 0) is 0 Å². The highest BCUT2D eigenvalue weighted by Gasteiger charge is 2.40. The third-order valence-electron chi connectivity index (χ3n) is 5.03. The fraction of sp³-hybridized carbons (Fsp3) is 0.588. The third kappa shape index (κ3) is 3.39. The minimum atomic E-state index is -0.0233. The SMILES string of the molecule is COc1ccccc1C(=O)NC1C2CCCC1CC(N)C2.Cl. The van der Waals surface area contributed by atoms with Gasteiger partial charge in [-0.3, -0.25) is 4.79 Å². The van der Waals surface area contributed by atoms with E-state index >= 15 is 0 Å². The first-order chi connectivity index (χ1) is 10.2. The molecule has 1 aromatic carbocycles. The molecule has 1 aromatic rings. The van der Waals surface area contributed by atoms with Gasteiger partial charge in [0.25, 0.3) is 5.91 Å². The summed E-state index contributed by atoms with van der Waals surface area (Å²) < 4.78 is 5.29. The van der Waals surface area contributed by atoms with Crippen LogP contribution in [0.15, 0.2) is 24.3 Å². The summed E-state index contributed by atoms with van der Waals surface area (Å²) in [5, 5.41) is 3.26. The van der Waals surface area contributed by atoms with Gasteiger partial charge in [-0.25, -0.2) is 0 Å². The number of hydrogen-bond acceptors (Lipinski definition) is 3. The van der Waals surface area contributed by atoms with Crippen LogP contribution in [0.2, 0.25) is 0 Å². The van der Waals surface area contributed by atoms with Crippen molar-refractivity contribution < 1.29 is 9.53 Å². The molecule has 4 nitrogen and oxygen atoms in total. The lowest BCUT2D eigenvalue weighted by Gasteiger charge is -2.45. The molecule has 0 spiro atoms. The van der Waals surface area contributed by atoms with Crippen LogP contribution in [0.25, 0.3) is 0 Å². The summed E-state index contributed by atoms with van der Waals surface area (Å²) in [4.78, 5) is 12.6. The molecule has 2 saturated carbocycles. The molecule has 2 fully saturated rings. The average molecular weight is 325 g/mol. The molecule has 2 unspecified atom stereocenters. The van der Waals surface area contributed by atoms with E-state index in [1.165, 1.54) is 19.3 Å². The van der Waals surface area contributed by atoms with Gasteiger partial charge in [0, 0.05) is 12.1 Å². The van der Waals surface area contributed by atoms with Crippen molar-refractivity contribution in [2.24, 2.45) is 17.6 Å². The lowest BCUT2D eigenvalue weighted by Crippen LogP contribution is -2.53. The van der Waals surface area contributed by atoms with Gasteiger partial charge in [-0.1, -0.05) is 18.6 Å². The van der Waals surface area contributed by atoms with Crippen LogP contribution in [-0.4, -0.2) is 25.1 Å². The van der Waals surface area contributed by atoms with Crippen molar-refractivity contribution in [3.63, 3.8) is 0 Å². The van der Waals surface area contributed by atoms with Crippen LogP contribution in [0.3, 0.4) is 0 Å². The highest BCUT2D eigenvalue weighted by atomic mass is 35.5. The average Bonchev–Trinajstić information content (AvgIpc) is 2.48. The molecule has 3 N–H and O–H groups in total. The molecule has 2 atom stereocenters. The minimum Gasteiger partial charge on any atom is -0.496 e. The van der Waals surface area contributed by atoms with Crippen LogP contribution in [0.5, 0.6) is 5.75 Å². The summed E-state index contributed by atoms with van der Waals surface area (Å²) >= 11 is 0. The number of nitrogens with one attached hydrogen (secondary N) is 1. The van der Waals surface area contributed by atoms with E-state index in [1.807, 2.05) is 24.3 Å². The van der Waals surface area contributed by atoms with Crippen LogP contribution in [0.4, 0.5) is 0 Å². The van der Waals surface area contributed by atoms with Gasteiger partial charge >= 0.3 is 0 Å². The number of rotatable bonds is 3. The summed E-state index contributed by atoms with van der Waals surface area (Å²) in [6, 6.07) is 7.97. The highest BCUT2D eigenvalue weighted by molar-refractivity contribution is 5.97. The number of nitrogens with two attached hydrogens (primary N) is 1. The lowest BCUT2D eigenvalue weighted by atomic mass is 9.67. The van der Waals surface area contributed by atoms with E-state index in [-0.39, 0.29) is 24.4 Å². The summed E-state index contributed by atoms with van der Waals surface area (Å²) in [5.74, 6) is 1.68. The van der Waals surface area contributed by atoms with Crippen LogP contribution in [0.1, 0.15) is 42.5 Å². The summed E-state index contributed by atoms with van der Waals surface area (Å²) in [7, 11) is 1.60. The van der Waals surface area contributed by atoms with Gasteiger partial charge in [0.1, 0.15) is 5.75 Å². The molecular weight excluding hydrogens is 300 g/mol. The highest BCUT2D eigenvalue weighted by Crippen LogP contribution is 2.39. The molecule has 3 rings (SSSR count). The van der Waals surface area contributed by atoms with Gasteiger partial charge in [-0.05, 0) is 49.7 Å². The molecule has 2 bridgehead atoms. The molecule has 2 aliphatic rings. The maximum absolute atomic E-state index is 12.6. The zero-order valence-corrected chi connectivity index (χ0v) is 13.8. The number of methoxy groups -OCH3 is 1.